The number of aliphatic hydroxyl groups excluding tert-OH is 2. The SMILES string of the molecule is Cc1cncc(C(O)CCO)c1. The Hall–Kier alpha value is -0.930. The number of aliphatic hydroxyl groups is 2. The average molecular weight is 167 g/mol. The summed E-state index contributed by atoms with van der Waals surface area (Å²) in [6.45, 7) is 1.91. The van der Waals surface area contributed by atoms with Crippen LogP contribution in [0.1, 0.15) is 23.7 Å². The molecule has 0 amide bonds. The molecule has 0 aliphatic heterocycles. The van der Waals surface area contributed by atoms with Crippen molar-refractivity contribution < 1.29 is 10.2 Å². The lowest BCUT2D eigenvalue weighted by Gasteiger charge is -2.08. The van der Waals surface area contributed by atoms with Crippen LogP contribution in [0.2, 0.25) is 0 Å². The van der Waals surface area contributed by atoms with Gasteiger partial charge < -0.3 is 10.2 Å². The highest BCUT2D eigenvalue weighted by Gasteiger charge is 2.06. The molecule has 1 atom stereocenters. The van der Waals surface area contributed by atoms with Gasteiger partial charge in [-0.25, -0.2) is 0 Å². The first-order valence-corrected chi connectivity index (χ1v) is 3.94. The van der Waals surface area contributed by atoms with Gasteiger partial charge in [-0.3, -0.25) is 4.98 Å². The van der Waals surface area contributed by atoms with Crippen LogP contribution in [0.25, 0.3) is 0 Å². The molecule has 0 saturated carbocycles. The van der Waals surface area contributed by atoms with E-state index in [9.17, 15) is 5.11 Å². The summed E-state index contributed by atoms with van der Waals surface area (Å²) >= 11 is 0. The second-order valence-corrected chi connectivity index (χ2v) is 2.82. The van der Waals surface area contributed by atoms with Crippen molar-refractivity contribution in [3.63, 3.8) is 0 Å². The normalized spacial score (nSPS) is 12.9. The van der Waals surface area contributed by atoms with Gasteiger partial charge in [0.2, 0.25) is 0 Å². The molecule has 0 spiro atoms. The molecule has 1 aromatic heterocycles. The fraction of sp³-hybridized carbons (Fsp3) is 0.444. The lowest BCUT2D eigenvalue weighted by atomic mass is 10.1. The molecule has 1 rings (SSSR count). The van der Waals surface area contributed by atoms with E-state index in [0.29, 0.717) is 6.42 Å². The zero-order valence-corrected chi connectivity index (χ0v) is 7.07. The third kappa shape index (κ3) is 2.29. The molecule has 0 aliphatic rings. The topological polar surface area (TPSA) is 53.4 Å². The summed E-state index contributed by atoms with van der Waals surface area (Å²) in [7, 11) is 0. The third-order valence-corrected chi connectivity index (χ3v) is 1.68. The van der Waals surface area contributed by atoms with Crippen molar-refractivity contribution in [3.8, 4) is 0 Å². The van der Waals surface area contributed by atoms with Gasteiger partial charge in [0, 0.05) is 25.4 Å². The van der Waals surface area contributed by atoms with Gasteiger partial charge in [-0.2, -0.15) is 0 Å². The Balaban J connectivity index is 2.73. The Bertz CT molecular complexity index is 250. The maximum Gasteiger partial charge on any atom is 0.0826 e. The lowest BCUT2D eigenvalue weighted by molar-refractivity contribution is 0.134. The number of hydrogen-bond donors (Lipinski definition) is 2. The van der Waals surface area contributed by atoms with Crippen molar-refractivity contribution in [1.82, 2.24) is 4.98 Å². The third-order valence-electron chi connectivity index (χ3n) is 1.68. The van der Waals surface area contributed by atoms with Gasteiger partial charge >= 0.3 is 0 Å². The highest BCUT2D eigenvalue weighted by molar-refractivity contribution is 5.18. The maximum atomic E-state index is 9.44. The molecule has 12 heavy (non-hydrogen) atoms. The van der Waals surface area contributed by atoms with E-state index in [4.69, 9.17) is 5.11 Å². The van der Waals surface area contributed by atoms with Crippen molar-refractivity contribution in [1.29, 1.82) is 0 Å². The van der Waals surface area contributed by atoms with E-state index in [0.717, 1.165) is 11.1 Å². The Morgan fingerprint density at radius 3 is 2.83 bits per heavy atom. The first-order valence-electron chi connectivity index (χ1n) is 3.94. The fourth-order valence-electron chi connectivity index (χ4n) is 1.05. The van der Waals surface area contributed by atoms with Crippen LogP contribution in [0.4, 0.5) is 0 Å². The number of pyridine rings is 1. The van der Waals surface area contributed by atoms with E-state index in [-0.39, 0.29) is 6.61 Å². The molecule has 1 unspecified atom stereocenters. The van der Waals surface area contributed by atoms with E-state index in [1.807, 2.05) is 13.0 Å². The van der Waals surface area contributed by atoms with Crippen LogP contribution in [0.15, 0.2) is 18.5 Å². The second-order valence-electron chi connectivity index (χ2n) is 2.82. The summed E-state index contributed by atoms with van der Waals surface area (Å²) in [4.78, 5) is 3.95. The van der Waals surface area contributed by atoms with Gasteiger partial charge in [0.1, 0.15) is 0 Å². The molecular formula is C9H13NO2. The van der Waals surface area contributed by atoms with Gasteiger partial charge in [0.15, 0.2) is 0 Å². The molecule has 0 saturated heterocycles. The van der Waals surface area contributed by atoms with Crippen LogP contribution in [-0.4, -0.2) is 21.8 Å². The summed E-state index contributed by atoms with van der Waals surface area (Å²) in [6.07, 6.45) is 3.12. The van der Waals surface area contributed by atoms with E-state index in [2.05, 4.69) is 4.98 Å². The molecule has 3 heteroatoms. The van der Waals surface area contributed by atoms with Gasteiger partial charge in [0.25, 0.3) is 0 Å². The van der Waals surface area contributed by atoms with Crippen LogP contribution in [0, 0.1) is 6.92 Å². The molecule has 0 aliphatic carbocycles. The summed E-state index contributed by atoms with van der Waals surface area (Å²) in [5.41, 5.74) is 1.79. The summed E-state index contributed by atoms with van der Waals surface area (Å²) in [5.74, 6) is 0. The molecule has 2 N–H and O–H groups in total. The Morgan fingerprint density at radius 2 is 2.25 bits per heavy atom. The van der Waals surface area contributed by atoms with Crippen molar-refractivity contribution in [2.75, 3.05) is 6.61 Å². The van der Waals surface area contributed by atoms with Crippen molar-refractivity contribution in [3.05, 3.63) is 29.6 Å². The molecule has 0 bridgehead atoms. The van der Waals surface area contributed by atoms with Crippen LogP contribution < -0.4 is 0 Å². The monoisotopic (exact) mass is 167 g/mol. The molecular weight excluding hydrogens is 154 g/mol. The second kappa shape index (κ2) is 4.18. The van der Waals surface area contributed by atoms with Crippen molar-refractivity contribution >= 4 is 0 Å². The smallest absolute Gasteiger partial charge is 0.0826 e. The van der Waals surface area contributed by atoms with Gasteiger partial charge in [-0.1, -0.05) is 6.07 Å². The minimum absolute atomic E-state index is 0.00485. The molecule has 0 aromatic carbocycles. The van der Waals surface area contributed by atoms with Crippen molar-refractivity contribution in [2.24, 2.45) is 0 Å². The minimum Gasteiger partial charge on any atom is -0.396 e. The molecule has 1 aromatic rings. The first-order chi connectivity index (χ1) is 5.74. The Morgan fingerprint density at radius 1 is 1.50 bits per heavy atom. The number of nitrogens with zero attached hydrogens (tertiary/aromatic N) is 1. The highest BCUT2D eigenvalue weighted by Crippen LogP contribution is 2.15. The number of hydrogen-bond acceptors (Lipinski definition) is 3. The molecule has 0 radical (unpaired) electrons. The first kappa shape index (κ1) is 9.16. The van der Waals surface area contributed by atoms with E-state index in [1.54, 1.807) is 12.4 Å². The number of aryl methyl sites for hydroxylation is 1. The largest absolute Gasteiger partial charge is 0.396 e. The molecule has 3 nitrogen and oxygen atoms in total. The van der Waals surface area contributed by atoms with Crippen molar-refractivity contribution in [2.45, 2.75) is 19.4 Å². The average Bonchev–Trinajstić information content (AvgIpc) is 2.05. The zero-order chi connectivity index (χ0) is 8.97. The van der Waals surface area contributed by atoms with Gasteiger partial charge in [-0.15, -0.1) is 0 Å². The predicted molar refractivity (Wildman–Crippen MR) is 45.6 cm³/mol. The van der Waals surface area contributed by atoms with Crippen LogP contribution >= 0.6 is 0 Å². The van der Waals surface area contributed by atoms with Crippen LogP contribution in [0.5, 0.6) is 0 Å². The summed E-state index contributed by atoms with van der Waals surface area (Å²) < 4.78 is 0. The van der Waals surface area contributed by atoms with E-state index < -0.39 is 6.10 Å². The van der Waals surface area contributed by atoms with Gasteiger partial charge in [0.05, 0.1) is 6.10 Å². The molecule has 66 valence electrons. The quantitative estimate of drug-likeness (QED) is 0.700. The van der Waals surface area contributed by atoms with E-state index >= 15 is 0 Å². The Kier molecular flexibility index (Phi) is 3.19. The highest BCUT2D eigenvalue weighted by atomic mass is 16.3. The number of rotatable bonds is 3. The minimum atomic E-state index is -0.595. The maximum absolute atomic E-state index is 9.44. The van der Waals surface area contributed by atoms with E-state index in [1.165, 1.54) is 0 Å². The van der Waals surface area contributed by atoms with Crippen LogP contribution in [0.3, 0.4) is 0 Å². The summed E-state index contributed by atoms with van der Waals surface area (Å²) in [5, 5.41) is 18.0. The summed E-state index contributed by atoms with van der Waals surface area (Å²) in [6, 6.07) is 1.87. The standard InChI is InChI=1S/C9H13NO2/c1-7-4-8(6-10-5-7)9(12)2-3-11/h4-6,9,11-12H,2-3H2,1H3. The van der Waals surface area contributed by atoms with Gasteiger partial charge in [-0.05, 0) is 18.1 Å². The predicted octanol–water partition coefficient (Wildman–Crippen LogP) is 0.806. The van der Waals surface area contributed by atoms with Crippen LogP contribution in [-0.2, 0) is 0 Å². The zero-order valence-electron chi connectivity index (χ0n) is 7.07. The fourth-order valence-corrected chi connectivity index (χ4v) is 1.05. The lowest BCUT2D eigenvalue weighted by Crippen LogP contribution is -2.00. The molecule has 1 heterocycles. The molecule has 0 fully saturated rings. The number of aromatic nitrogens is 1. The Labute approximate surface area is 71.7 Å².